The molecule has 0 fully saturated rings. The lowest BCUT2D eigenvalue weighted by Gasteiger charge is -2.09. The highest BCUT2D eigenvalue weighted by Gasteiger charge is 2.19. The zero-order valence-corrected chi connectivity index (χ0v) is 42.3. The second kappa shape index (κ2) is 36.3. The summed E-state index contributed by atoms with van der Waals surface area (Å²) in [6.07, 6.45) is 48.8. The first-order chi connectivity index (χ1) is 32.6. The van der Waals surface area contributed by atoms with Crippen LogP contribution < -0.4 is 18.6 Å². The molecule has 0 atom stereocenters. The molecule has 0 aliphatic carbocycles. The molecule has 0 amide bonds. The van der Waals surface area contributed by atoms with Crippen LogP contribution in [-0.2, 0) is 22.7 Å². The quantitative estimate of drug-likeness (QED) is 0.0193. The highest BCUT2D eigenvalue weighted by atomic mass is 16.5. The van der Waals surface area contributed by atoms with E-state index in [0.29, 0.717) is 24.3 Å². The molecule has 2 aromatic heterocycles. The van der Waals surface area contributed by atoms with Crippen LogP contribution in [0.4, 0.5) is 0 Å². The summed E-state index contributed by atoms with van der Waals surface area (Å²) in [4.78, 5) is 26.0. The molecule has 0 unspecified atom stereocenters. The van der Waals surface area contributed by atoms with E-state index >= 15 is 0 Å². The van der Waals surface area contributed by atoms with E-state index in [1.165, 1.54) is 167 Å². The molecule has 6 heteroatoms. The highest BCUT2D eigenvalue weighted by Crippen LogP contribution is 2.25. The number of pyridine rings is 2. The van der Waals surface area contributed by atoms with Gasteiger partial charge in [-0.05, 0) is 62.1 Å². The fourth-order valence-electron chi connectivity index (χ4n) is 9.70. The molecule has 0 spiro atoms. The van der Waals surface area contributed by atoms with Gasteiger partial charge in [0, 0.05) is 37.8 Å². The van der Waals surface area contributed by atoms with Crippen LogP contribution in [0, 0.1) is 0 Å². The van der Waals surface area contributed by atoms with Crippen molar-refractivity contribution < 1.29 is 28.2 Å². The van der Waals surface area contributed by atoms with Crippen molar-refractivity contribution in [2.75, 3.05) is 0 Å². The van der Waals surface area contributed by atoms with Gasteiger partial charge in [0.15, 0.2) is 12.4 Å². The summed E-state index contributed by atoms with van der Waals surface area (Å²) in [7, 11) is 0. The van der Waals surface area contributed by atoms with Gasteiger partial charge in [-0.25, -0.2) is 0 Å². The number of rotatable bonds is 41. The topological polar surface area (TPSA) is 60.4 Å². The number of carbonyl (C=O) groups is 2. The molecule has 0 aliphatic heterocycles. The van der Waals surface area contributed by atoms with Crippen molar-refractivity contribution >= 4 is 33.7 Å². The number of aromatic nitrogens is 2. The maximum Gasteiger partial charge on any atom is 0.311 e. The van der Waals surface area contributed by atoms with Gasteiger partial charge in [0.1, 0.15) is 13.1 Å². The van der Waals surface area contributed by atoms with E-state index in [1.54, 1.807) is 0 Å². The fraction of sp³-hybridized carbons (Fsp3) is 0.667. The Morgan fingerprint density at radius 1 is 0.348 bits per heavy atom. The van der Waals surface area contributed by atoms with E-state index in [0.717, 1.165) is 86.3 Å². The molecule has 66 heavy (non-hydrogen) atoms. The smallest absolute Gasteiger partial charge is 0.311 e. The number of esters is 2. The second-order valence-electron chi connectivity index (χ2n) is 19.6. The number of carbonyl (C=O) groups excluding carboxylic acids is 2. The average molecular weight is 907 g/mol. The Morgan fingerprint density at radius 2 is 0.621 bits per heavy atom. The molecule has 366 valence electrons. The van der Waals surface area contributed by atoms with Crippen LogP contribution in [-0.4, -0.2) is 11.9 Å². The summed E-state index contributed by atoms with van der Waals surface area (Å²) >= 11 is 0. The van der Waals surface area contributed by atoms with Crippen LogP contribution in [0.3, 0.4) is 0 Å². The van der Waals surface area contributed by atoms with Crippen molar-refractivity contribution in [3.63, 3.8) is 0 Å². The van der Waals surface area contributed by atoms with Gasteiger partial charge in [-0.15, -0.1) is 0 Å². The molecule has 4 aromatic rings. The third-order valence-corrected chi connectivity index (χ3v) is 13.7. The van der Waals surface area contributed by atoms with Crippen molar-refractivity contribution in [3.8, 4) is 11.5 Å². The van der Waals surface area contributed by atoms with Crippen LogP contribution >= 0.6 is 0 Å². The van der Waals surface area contributed by atoms with E-state index < -0.39 is 0 Å². The molecular formula is C60H94N2O4+2. The van der Waals surface area contributed by atoms with E-state index in [4.69, 9.17) is 9.47 Å². The second-order valence-corrected chi connectivity index (χ2v) is 19.6. The average Bonchev–Trinajstić information content (AvgIpc) is 3.32. The molecule has 0 saturated heterocycles. The minimum absolute atomic E-state index is 0.128. The van der Waals surface area contributed by atoms with Crippen LogP contribution in [0.5, 0.6) is 11.5 Å². The minimum Gasteiger partial charge on any atom is -0.419 e. The summed E-state index contributed by atoms with van der Waals surface area (Å²) in [5.74, 6) is 1.07. The number of nitrogens with zero attached hydrogens (tertiary/aromatic N) is 2. The number of hydrogen-bond donors (Lipinski definition) is 0. The van der Waals surface area contributed by atoms with Gasteiger partial charge in [0.05, 0.1) is 10.8 Å². The van der Waals surface area contributed by atoms with E-state index in [1.807, 2.05) is 24.3 Å². The van der Waals surface area contributed by atoms with Gasteiger partial charge in [-0.2, -0.15) is 9.13 Å². The first kappa shape index (κ1) is 54.8. The maximum atomic E-state index is 13.0. The van der Waals surface area contributed by atoms with Gasteiger partial charge < -0.3 is 9.47 Å². The van der Waals surface area contributed by atoms with Crippen molar-refractivity contribution in [1.29, 1.82) is 0 Å². The van der Waals surface area contributed by atoms with Crippen LogP contribution in [0.25, 0.3) is 21.8 Å². The Labute approximate surface area is 403 Å². The van der Waals surface area contributed by atoms with Crippen molar-refractivity contribution in [3.05, 3.63) is 73.1 Å². The predicted molar refractivity (Wildman–Crippen MR) is 277 cm³/mol. The standard InChI is InChI=1S/C60H94N2O4/c1-3-5-7-9-11-13-15-17-19-21-23-25-27-29-33-47-57(63)65-55-45-37-41-53-43-39-51-61(59(53)55)49-35-31-32-36-50-62-52-40-44-54-42-38-46-56(60(54)62)66-58(64)48-34-30-28-26-24-22-20-18-16-14-12-10-8-6-4-2/h37-46,51-52H,3-36,47-50H2,1-2H3/q+2. The fourth-order valence-corrected chi connectivity index (χ4v) is 9.70. The SMILES string of the molecule is CCCCCCCCCCCCCCCCCC(=O)Oc1cccc2ccc[n+](CCCCCC[n+]3cccc4cccc(OC(=O)CCCCCCCCCCCCCCCCC)c43)c12. The van der Waals surface area contributed by atoms with Gasteiger partial charge in [0.2, 0.25) is 11.5 Å². The number of benzene rings is 2. The zero-order valence-electron chi connectivity index (χ0n) is 42.3. The summed E-state index contributed by atoms with van der Waals surface area (Å²) < 4.78 is 16.5. The van der Waals surface area contributed by atoms with Crippen molar-refractivity contribution in [2.45, 2.75) is 258 Å². The first-order valence-corrected chi connectivity index (χ1v) is 27.8. The van der Waals surface area contributed by atoms with Crippen LogP contribution in [0.1, 0.15) is 245 Å². The number of fused-ring (bicyclic) bond motifs is 2. The number of aryl methyl sites for hydroxylation is 2. The van der Waals surface area contributed by atoms with Crippen molar-refractivity contribution in [2.24, 2.45) is 0 Å². The Morgan fingerprint density at radius 3 is 0.939 bits per heavy atom. The lowest BCUT2D eigenvalue weighted by molar-refractivity contribution is -0.673. The first-order valence-electron chi connectivity index (χ1n) is 27.8. The molecule has 0 saturated carbocycles. The Balaban J connectivity index is 1.09. The molecule has 0 aliphatic rings. The molecule has 2 heterocycles. The largest absolute Gasteiger partial charge is 0.419 e. The number of ether oxygens (including phenoxy) is 2. The minimum atomic E-state index is -0.128. The number of hydrogen-bond acceptors (Lipinski definition) is 4. The molecular weight excluding hydrogens is 813 g/mol. The summed E-state index contributed by atoms with van der Waals surface area (Å²) in [5, 5.41) is 2.18. The Hall–Kier alpha value is -3.80. The van der Waals surface area contributed by atoms with Gasteiger partial charge in [-0.1, -0.05) is 206 Å². The third kappa shape index (κ3) is 23.3. The van der Waals surface area contributed by atoms with Crippen LogP contribution in [0.2, 0.25) is 0 Å². The molecule has 4 rings (SSSR count). The lowest BCUT2D eigenvalue weighted by Crippen LogP contribution is -2.35. The molecule has 0 bridgehead atoms. The summed E-state index contributed by atoms with van der Waals surface area (Å²) in [6, 6.07) is 20.4. The maximum absolute atomic E-state index is 13.0. The molecule has 0 radical (unpaired) electrons. The summed E-state index contributed by atoms with van der Waals surface area (Å²) in [6.45, 7) is 6.30. The zero-order chi connectivity index (χ0) is 46.5. The van der Waals surface area contributed by atoms with Gasteiger partial charge in [-0.3, -0.25) is 9.59 Å². The highest BCUT2D eigenvalue weighted by molar-refractivity contribution is 5.85. The monoisotopic (exact) mass is 907 g/mol. The third-order valence-electron chi connectivity index (χ3n) is 13.7. The number of para-hydroxylation sites is 2. The van der Waals surface area contributed by atoms with Gasteiger partial charge in [0.25, 0.3) is 11.0 Å². The lowest BCUT2D eigenvalue weighted by atomic mass is 10.0. The van der Waals surface area contributed by atoms with Crippen molar-refractivity contribution in [1.82, 2.24) is 0 Å². The van der Waals surface area contributed by atoms with Gasteiger partial charge >= 0.3 is 11.9 Å². The Bertz CT molecular complexity index is 1730. The van der Waals surface area contributed by atoms with Crippen LogP contribution in [0.15, 0.2) is 73.1 Å². The summed E-state index contributed by atoms with van der Waals surface area (Å²) in [5.41, 5.74) is 2.00. The molecule has 2 aromatic carbocycles. The van der Waals surface area contributed by atoms with E-state index in [2.05, 4.69) is 71.8 Å². The normalized spacial score (nSPS) is 11.5. The number of unbranched alkanes of at least 4 members (excludes halogenated alkanes) is 31. The predicted octanol–water partition coefficient (Wildman–Crippen LogP) is 17.2. The van der Waals surface area contributed by atoms with E-state index in [9.17, 15) is 9.59 Å². The van der Waals surface area contributed by atoms with E-state index in [-0.39, 0.29) is 11.9 Å². The Kier molecular flexibility index (Phi) is 30.1. The molecule has 6 nitrogen and oxygen atoms in total. The molecule has 0 N–H and O–H groups in total.